The van der Waals surface area contributed by atoms with E-state index >= 15 is 0 Å². The van der Waals surface area contributed by atoms with Crippen LogP contribution in [0.5, 0.6) is 17.2 Å². The molecule has 3 rings (SSSR count). The van der Waals surface area contributed by atoms with Gasteiger partial charge in [-0.15, -0.1) is 0 Å². The van der Waals surface area contributed by atoms with Crippen LogP contribution in [0.4, 0.5) is 0 Å². The van der Waals surface area contributed by atoms with Crippen LogP contribution in [0.3, 0.4) is 0 Å². The van der Waals surface area contributed by atoms with E-state index in [0.717, 1.165) is 16.7 Å². The van der Waals surface area contributed by atoms with Crippen LogP contribution in [0.2, 0.25) is 0 Å². The third-order valence-corrected chi connectivity index (χ3v) is 4.75. The van der Waals surface area contributed by atoms with E-state index in [2.05, 4.69) is 5.32 Å². The summed E-state index contributed by atoms with van der Waals surface area (Å²) < 4.78 is 16.1. The van der Waals surface area contributed by atoms with E-state index in [9.17, 15) is 4.79 Å². The predicted molar refractivity (Wildman–Crippen MR) is 113 cm³/mol. The molecule has 0 fully saturated rings. The van der Waals surface area contributed by atoms with Crippen LogP contribution in [0.1, 0.15) is 33.1 Å². The highest BCUT2D eigenvalue weighted by Crippen LogP contribution is 2.38. The Bertz CT molecular complexity index is 943. The summed E-state index contributed by atoms with van der Waals surface area (Å²) in [6.07, 6.45) is 0. The zero-order valence-electron chi connectivity index (χ0n) is 17.1. The van der Waals surface area contributed by atoms with Gasteiger partial charge in [0.05, 0.1) is 27.4 Å². The van der Waals surface area contributed by atoms with Gasteiger partial charge < -0.3 is 19.5 Å². The summed E-state index contributed by atoms with van der Waals surface area (Å²) in [6, 6.07) is 21.0. The van der Waals surface area contributed by atoms with E-state index < -0.39 is 0 Å². The molecule has 0 aliphatic rings. The summed E-state index contributed by atoms with van der Waals surface area (Å²) in [5, 5.41) is 3.13. The number of hydrogen-bond acceptors (Lipinski definition) is 4. The van der Waals surface area contributed by atoms with Gasteiger partial charge in [0, 0.05) is 5.56 Å². The number of aryl methyl sites for hydroxylation is 1. The molecule has 150 valence electrons. The van der Waals surface area contributed by atoms with Crippen molar-refractivity contribution in [2.75, 3.05) is 21.3 Å². The summed E-state index contributed by atoms with van der Waals surface area (Å²) in [7, 11) is 4.58. The standard InChI is InChI=1S/C24H25NO4/c1-16-10-12-18(13-11-16)22(17-8-6-5-7-9-17)25-24(26)19-14-20(27-2)23(29-4)21(15-19)28-3/h5-15,22H,1-4H3,(H,25,26). The van der Waals surface area contributed by atoms with Crippen molar-refractivity contribution in [1.29, 1.82) is 0 Å². The number of carbonyl (C=O) groups is 1. The van der Waals surface area contributed by atoms with Crippen LogP contribution in [-0.4, -0.2) is 27.2 Å². The van der Waals surface area contributed by atoms with E-state index in [1.54, 1.807) is 12.1 Å². The fourth-order valence-electron chi connectivity index (χ4n) is 3.19. The quantitative estimate of drug-likeness (QED) is 0.642. The average Bonchev–Trinajstić information content (AvgIpc) is 2.77. The molecule has 0 bridgehead atoms. The molecule has 1 unspecified atom stereocenters. The molecule has 1 atom stereocenters. The second-order valence-corrected chi connectivity index (χ2v) is 6.64. The number of carbonyl (C=O) groups excluding carboxylic acids is 1. The number of benzene rings is 3. The largest absolute Gasteiger partial charge is 0.493 e. The number of methoxy groups -OCH3 is 3. The summed E-state index contributed by atoms with van der Waals surface area (Å²) in [5.74, 6) is 1.08. The minimum atomic E-state index is -0.289. The second-order valence-electron chi connectivity index (χ2n) is 6.64. The first-order valence-electron chi connectivity index (χ1n) is 9.29. The Morgan fingerprint density at radius 1 is 0.793 bits per heavy atom. The average molecular weight is 391 g/mol. The van der Waals surface area contributed by atoms with E-state index in [0.29, 0.717) is 22.8 Å². The molecule has 0 aliphatic carbocycles. The van der Waals surface area contributed by atoms with Gasteiger partial charge >= 0.3 is 0 Å². The normalized spacial score (nSPS) is 11.4. The van der Waals surface area contributed by atoms with Crippen LogP contribution >= 0.6 is 0 Å². The number of nitrogens with one attached hydrogen (secondary N) is 1. The summed E-state index contributed by atoms with van der Waals surface area (Å²) in [5.41, 5.74) is 3.59. The lowest BCUT2D eigenvalue weighted by molar-refractivity contribution is 0.0942. The zero-order chi connectivity index (χ0) is 20.8. The smallest absolute Gasteiger partial charge is 0.252 e. The second kappa shape index (κ2) is 9.15. The molecule has 1 amide bonds. The van der Waals surface area contributed by atoms with Gasteiger partial charge in [0.2, 0.25) is 5.75 Å². The molecule has 0 radical (unpaired) electrons. The van der Waals surface area contributed by atoms with Crippen LogP contribution in [0, 0.1) is 6.92 Å². The Morgan fingerprint density at radius 3 is 1.86 bits per heavy atom. The molecular formula is C24H25NO4. The third kappa shape index (κ3) is 4.51. The molecule has 3 aromatic rings. The molecule has 0 saturated heterocycles. The number of ether oxygens (including phenoxy) is 3. The van der Waals surface area contributed by atoms with Gasteiger partial charge in [0.15, 0.2) is 11.5 Å². The maximum absolute atomic E-state index is 13.1. The van der Waals surface area contributed by atoms with Gasteiger partial charge in [0.25, 0.3) is 5.91 Å². The summed E-state index contributed by atoms with van der Waals surface area (Å²) >= 11 is 0. The van der Waals surface area contributed by atoms with Crippen molar-refractivity contribution in [3.63, 3.8) is 0 Å². The van der Waals surface area contributed by atoms with Crippen molar-refractivity contribution in [1.82, 2.24) is 5.32 Å². The van der Waals surface area contributed by atoms with E-state index in [4.69, 9.17) is 14.2 Å². The van der Waals surface area contributed by atoms with Crippen molar-refractivity contribution in [3.8, 4) is 17.2 Å². The zero-order valence-corrected chi connectivity index (χ0v) is 17.1. The van der Waals surface area contributed by atoms with Crippen LogP contribution in [-0.2, 0) is 0 Å². The van der Waals surface area contributed by atoms with Gasteiger partial charge in [-0.2, -0.15) is 0 Å². The van der Waals surface area contributed by atoms with Crippen LogP contribution < -0.4 is 19.5 Å². The molecule has 29 heavy (non-hydrogen) atoms. The molecule has 0 aromatic heterocycles. The topological polar surface area (TPSA) is 56.8 Å². The Morgan fingerprint density at radius 2 is 1.34 bits per heavy atom. The van der Waals surface area contributed by atoms with Gasteiger partial charge in [-0.25, -0.2) is 0 Å². The van der Waals surface area contributed by atoms with E-state index in [-0.39, 0.29) is 11.9 Å². The third-order valence-electron chi connectivity index (χ3n) is 4.75. The molecule has 3 aromatic carbocycles. The van der Waals surface area contributed by atoms with Crippen LogP contribution in [0.25, 0.3) is 0 Å². The molecule has 0 heterocycles. The first-order valence-corrected chi connectivity index (χ1v) is 9.29. The lowest BCUT2D eigenvalue weighted by atomic mass is 9.97. The SMILES string of the molecule is COc1cc(C(=O)NC(c2ccccc2)c2ccc(C)cc2)cc(OC)c1OC. The Balaban J connectivity index is 1.98. The minimum Gasteiger partial charge on any atom is -0.493 e. The molecule has 0 saturated carbocycles. The Labute approximate surface area is 171 Å². The summed E-state index contributed by atoms with van der Waals surface area (Å²) in [4.78, 5) is 13.1. The van der Waals surface area contributed by atoms with Crippen LogP contribution in [0.15, 0.2) is 66.7 Å². The maximum Gasteiger partial charge on any atom is 0.252 e. The minimum absolute atomic E-state index is 0.237. The lowest BCUT2D eigenvalue weighted by Crippen LogP contribution is -2.29. The summed E-state index contributed by atoms with van der Waals surface area (Å²) in [6.45, 7) is 2.04. The molecule has 0 spiro atoms. The number of rotatable bonds is 7. The fourth-order valence-corrected chi connectivity index (χ4v) is 3.19. The molecular weight excluding hydrogens is 366 g/mol. The highest BCUT2D eigenvalue weighted by molar-refractivity contribution is 5.96. The van der Waals surface area contributed by atoms with Crippen molar-refractivity contribution >= 4 is 5.91 Å². The monoisotopic (exact) mass is 391 g/mol. The van der Waals surface area contributed by atoms with Gasteiger partial charge in [0.1, 0.15) is 0 Å². The molecule has 1 N–H and O–H groups in total. The Hall–Kier alpha value is -3.47. The molecule has 5 heteroatoms. The molecule has 0 aliphatic heterocycles. The van der Waals surface area contributed by atoms with Crippen molar-refractivity contribution in [3.05, 3.63) is 89.0 Å². The van der Waals surface area contributed by atoms with Gasteiger partial charge in [-0.05, 0) is 30.2 Å². The van der Waals surface area contributed by atoms with E-state index in [1.165, 1.54) is 21.3 Å². The van der Waals surface area contributed by atoms with E-state index in [1.807, 2.05) is 61.5 Å². The van der Waals surface area contributed by atoms with Crippen molar-refractivity contribution in [2.24, 2.45) is 0 Å². The maximum atomic E-state index is 13.1. The highest BCUT2D eigenvalue weighted by atomic mass is 16.5. The van der Waals surface area contributed by atoms with Gasteiger partial charge in [-0.3, -0.25) is 4.79 Å². The first kappa shape index (κ1) is 20.3. The highest BCUT2D eigenvalue weighted by Gasteiger charge is 2.21. The van der Waals surface area contributed by atoms with Crippen molar-refractivity contribution in [2.45, 2.75) is 13.0 Å². The fraction of sp³-hybridized carbons (Fsp3) is 0.208. The van der Waals surface area contributed by atoms with Gasteiger partial charge in [-0.1, -0.05) is 60.2 Å². The predicted octanol–water partition coefficient (Wildman–Crippen LogP) is 4.54. The van der Waals surface area contributed by atoms with Crippen molar-refractivity contribution < 1.29 is 19.0 Å². The first-order chi connectivity index (χ1) is 14.1. The Kier molecular flexibility index (Phi) is 6.39. The number of amides is 1. The molecule has 5 nitrogen and oxygen atoms in total. The lowest BCUT2D eigenvalue weighted by Gasteiger charge is -2.21. The number of hydrogen-bond donors (Lipinski definition) is 1.